The molecule has 0 bridgehead atoms. The summed E-state index contributed by atoms with van der Waals surface area (Å²) in [5.41, 5.74) is 5.49. The Morgan fingerprint density at radius 1 is 1.03 bits per heavy atom. The molecule has 1 N–H and O–H groups in total. The third-order valence-corrected chi connectivity index (χ3v) is 6.48. The van der Waals surface area contributed by atoms with E-state index in [1.54, 1.807) is 23.5 Å². The Morgan fingerprint density at radius 2 is 1.87 bits per heavy atom. The highest BCUT2D eigenvalue weighted by Gasteiger charge is 2.20. The van der Waals surface area contributed by atoms with Crippen molar-refractivity contribution in [1.29, 1.82) is 0 Å². The van der Waals surface area contributed by atoms with Crippen LogP contribution < -0.4 is 0 Å². The number of allylic oxidation sites excluding steroid dienone is 2. The lowest BCUT2D eigenvalue weighted by Gasteiger charge is -2.12. The maximum absolute atomic E-state index is 11.7. The number of nitrogens with zero attached hydrogens (tertiary/aromatic N) is 3. The van der Waals surface area contributed by atoms with E-state index in [0.717, 1.165) is 34.9 Å². The maximum atomic E-state index is 11.7. The molecule has 0 unspecified atom stereocenters. The summed E-state index contributed by atoms with van der Waals surface area (Å²) in [5.74, 6) is 1.50. The zero-order chi connectivity index (χ0) is 21.2. The van der Waals surface area contributed by atoms with E-state index >= 15 is 0 Å². The fourth-order valence-electron chi connectivity index (χ4n) is 3.98. The summed E-state index contributed by atoms with van der Waals surface area (Å²) < 4.78 is 2.16. The number of aromatic nitrogens is 3. The van der Waals surface area contributed by atoms with Gasteiger partial charge in [0, 0.05) is 12.0 Å². The molecule has 0 radical (unpaired) electrons. The number of carbonyl (C=O) groups excluding carboxylic acids is 1. The molecule has 0 atom stereocenters. The highest BCUT2D eigenvalue weighted by atomic mass is 32.1. The van der Waals surface area contributed by atoms with E-state index in [1.165, 1.54) is 16.7 Å². The Kier molecular flexibility index (Phi) is 5.32. The first kappa shape index (κ1) is 19.6. The van der Waals surface area contributed by atoms with E-state index in [4.69, 9.17) is 5.11 Å². The zero-order valence-corrected chi connectivity index (χ0v) is 17.7. The normalized spacial score (nSPS) is 12.6. The second kappa shape index (κ2) is 8.41. The monoisotopic (exact) mass is 427 g/mol. The molecule has 0 amide bonds. The van der Waals surface area contributed by atoms with Crippen molar-refractivity contribution in [2.24, 2.45) is 0 Å². The van der Waals surface area contributed by atoms with Gasteiger partial charge in [-0.25, -0.2) is 0 Å². The minimum absolute atomic E-state index is 0.275. The number of fused-ring (bicyclic) bond motifs is 1. The second-order valence-electron chi connectivity index (χ2n) is 7.55. The summed E-state index contributed by atoms with van der Waals surface area (Å²) in [6.45, 7) is 0.131. The van der Waals surface area contributed by atoms with E-state index in [-0.39, 0.29) is 5.78 Å². The van der Waals surface area contributed by atoms with Gasteiger partial charge in [-0.2, -0.15) is 0 Å². The van der Waals surface area contributed by atoms with Gasteiger partial charge in [0.1, 0.15) is 12.4 Å². The Hall–Kier alpha value is -3.35. The number of hydrogen-bond acceptors (Lipinski definition) is 5. The van der Waals surface area contributed by atoms with E-state index < -0.39 is 6.61 Å². The largest absolute Gasteiger partial charge is 0.388 e. The van der Waals surface area contributed by atoms with Crippen LogP contribution in [0.25, 0.3) is 16.3 Å². The molecule has 0 saturated heterocycles. The first-order valence-electron chi connectivity index (χ1n) is 10.2. The van der Waals surface area contributed by atoms with Crippen LogP contribution in [0, 0.1) is 0 Å². The number of hydrogen-bond donors (Lipinski definition) is 1. The average Bonchev–Trinajstić information content (AvgIpc) is 3.55. The quantitative estimate of drug-likeness (QED) is 0.444. The van der Waals surface area contributed by atoms with Crippen molar-refractivity contribution in [3.63, 3.8) is 0 Å². The molecular formula is C25H21N3O2S. The molecule has 1 aliphatic carbocycles. The number of aliphatic hydroxyl groups is 1. The number of carbonyl (C=O) groups is 1. The van der Waals surface area contributed by atoms with Crippen LogP contribution in [-0.4, -0.2) is 32.3 Å². The van der Waals surface area contributed by atoms with Gasteiger partial charge >= 0.3 is 0 Å². The molecular weight excluding hydrogens is 406 g/mol. The fraction of sp³-hybridized carbons (Fsp3) is 0.160. The smallest absolute Gasteiger partial charge is 0.188 e. The van der Waals surface area contributed by atoms with Gasteiger partial charge in [-0.3, -0.25) is 4.79 Å². The van der Waals surface area contributed by atoms with E-state index in [9.17, 15) is 4.79 Å². The summed E-state index contributed by atoms with van der Waals surface area (Å²) in [6, 6.07) is 20.0. The van der Waals surface area contributed by atoms with Gasteiger partial charge in [0.2, 0.25) is 0 Å². The summed E-state index contributed by atoms with van der Waals surface area (Å²) >= 11 is 1.64. The summed E-state index contributed by atoms with van der Waals surface area (Å²) in [6.07, 6.45) is 3.96. The third-order valence-electron chi connectivity index (χ3n) is 5.61. The molecule has 154 valence electrons. The minimum Gasteiger partial charge on any atom is -0.388 e. The van der Waals surface area contributed by atoms with Gasteiger partial charge < -0.3 is 9.67 Å². The standard InChI is InChI=1S/C25H21N3O2S/c29-16-22(30)19-9-7-17(8-10-19)15-28-24(26-27-25(28)23-6-3-13-31-23)14-20-12-11-18-4-1-2-5-21(18)20/h1-10,12-13,29H,11,14-16H2. The molecule has 0 saturated carbocycles. The molecule has 2 aromatic heterocycles. The van der Waals surface area contributed by atoms with Crippen molar-refractivity contribution in [1.82, 2.24) is 14.8 Å². The predicted octanol–water partition coefficient (Wildman–Crippen LogP) is 4.41. The Bertz CT molecular complexity index is 1250. The lowest BCUT2D eigenvalue weighted by atomic mass is 10.0. The van der Waals surface area contributed by atoms with Crippen molar-refractivity contribution < 1.29 is 9.90 Å². The van der Waals surface area contributed by atoms with Gasteiger partial charge in [0.15, 0.2) is 11.6 Å². The third kappa shape index (κ3) is 3.87. The fourth-order valence-corrected chi connectivity index (χ4v) is 4.70. The predicted molar refractivity (Wildman–Crippen MR) is 122 cm³/mol. The van der Waals surface area contributed by atoms with Gasteiger partial charge in [-0.15, -0.1) is 21.5 Å². The number of aliphatic hydroxyl groups excluding tert-OH is 1. The molecule has 0 spiro atoms. The van der Waals surface area contributed by atoms with Crippen molar-refractivity contribution in [3.8, 4) is 10.7 Å². The molecule has 0 fully saturated rings. The summed E-state index contributed by atoms with van der Waals surface area (Å²) in [5, 5.41) is 20.2. The summed E-state index contributed by atoms with van der Waals surface area (Å²) in [4.78, 5) is 12.8. The van der Waals surface area contributed by atoms with Crippen LogP contribution in [-0.2, 0) is 19.4 Å². The van der Waals surface area contributed by atoms with Gasteiger partial charge in [-0.1, -0.05) is 60.7 Å². The van der Waals surface area contributed by atoms with Crippen LogP contribution in [0.1, 0.15) is 32.9 Å². The van der Waals surface area contributed by atoms with Crippen molar-refractivity contribution >= 4 is 22.7 Å². The first-order valence-corrected chi connectivity index (χ1v) is 11.1. The molecule has 1 aliphatic rings. The lowest BCUT2D eigenvalue weighted by molar-refractivity contribution is 0.0903. The van der Waals surface area contributed by atoms with Gasteiger partial charge in [0.25, 0.3) is 0 Å². The number of benzene rings is 2. The van der Waals surface area contributed by atoms with Crippen molar-refractivity contribution in [2.45, 2.75) is 19.4 Å². The SMILES string of the molecule is O=C(CO)c1ccc(Cn2c(CC3=CCc4ccccc43)nnc2-c2cccs2)cc1. The lowest BCUT2D eigenvalue weighted by Crippen LogP contribution is -2.08. The Balaban J connectivity index is 1.48. The van der Waals surface area contributed by atoms with Crippen LogP contribution in [0.3, 0.4) is 0 Å². The molecule has 31 heavy (non-hydrogen) atoms. The van der Waals surface area contributed by atoms with Crippen molar-refractivity contribution in [2.75, 3.05) is 6.61 Å². The number of rotatable bonds is 7. The van der Waals surface area contributed by atoms with Gasteiger partial charge in [-0.05, 0) is 40.1 Å². The zero-order valence-electron chi connectivity index (χ0n) is 16.9. The van der Waals surface area contributed by atoms with Crippen LogP contribution in [0.2, 0.25) is 0 Å². The molecule has 5 rings (SSSR count). The molecule has 2 aromatic carbocycles. The first-order chi connectivity index (χ1) is 15.2. The number of Topliss-reactive ketones (excluding diaryl/α,β-unsaturated/α-hetero) is 1. The molecule has 0 aliphatic heterocycles. The maximum Gasteiger partial charge on any atom is 0.188 e. The van der Waals surface area contributed by atoms with Crippen LogP contribution >= 0.6 is 11.3 Å². The topological polar surface area (TPSA) is 68.0 Å². The average molecular weight is 428 g/mol. The highest BCUT2D eigenvalue weighted by molar-refractivity contribution is 7.13. The summed E-state index contributed by atoms with van der Waals surface area (Å²) in [7, 11) is 0. The molecule has 6 heteroatoms. The van der Waals surface area contributed by atoms with E-state index in [1.807, 2.05) is 23.6 Å². The number of thiophene rings is 1. The molecule has 2 heterocycles. The van der Waals surface area contributed by atoms with Crippen LogP contribution in [0.5, 0.6) is 0 Å². The minimum atomic E-state index is -0.478. The molecule has 4 aromatic rings. The highest BCUT2D eigenvalue weighted by Crippen LogP contribution is 2.31. The van der Waals surface area contributed by atoms with Gasteiger partial charge in [0.05, 0.1) is 11.4 Å². The Labute approximate surface area is 184 Å². The van der Waals surface area contributed by atoms with Crippen molar-refractivity contribution in [3.05, 3.63) is 100 Å². The second-order valence-corrected chi connectivity index (χ2v) is 8.50. The van der Waals surface area contributed by atoms with Crippen LogP contribution in [0.15, 0.2) is 72.1 Å². The number of ketones is 1. The Morgan fingerprint density at radius 3 is 2.65 bits per heavy atom. The van der Waals surface area contributed by atoms with Crippen LogP contribution in [0.4, 0.5) is 0 Å². The van der Waals surface area contributed by atoms with E-state index in [2.05, 4.69) is 51.2 Å². The van der Waals surface area contributed by atoms with E-state index in [0.29, 0.717) is 12.1 Å². The molecule has 5 nitrogen and oxygen atoms in total.